The highest BCUT2D eigenvalue weighted by molar-refractivity contribution is 6.25. The quantitative estimate of drug-likeness (QED) is 0.168. The second kappa shape index (κ2) is 14.4. The lowest BCUT2D eigenvalue weighted by Gasteiger charge is -2.13. The van der Waals surface area contributed by atoms with Crippen LogP contribution in [0, 0.1) is 0 Å². The van der Waals surface area contributed by atoms with Crippen molar-refractivity contribution in [3.05, 3.63) is 219 Å². The van der Waals surface area contributed by atoms with Crippen molar-refractivity contribution in [2.45, 2.75) is 0 Å². The van der Waals surface area contributed by atoms with E-state index in [-0.39, 0.29) is 0 Å². The summed E-state index contributed by atoms with van der Waals surface area (Å²) in [6, 6.07) is 74.9. The van der Waals surface area contributed by atoms with Gasteiger partial charge in [-0.3, -0.25) is 4.57 Å². The number of fused-ring (bicyclic) bond motifs is 9. The second-order valence-electron chi connectivity index (χ2n) is 16.3. The van der Waals surface area contributed by atoms with Gasteiger partial charge in [-0.05, 0) is 75.8 Å². The molecule has 0 atom stereocenters. The Hall–Kier alpha value is -8.74. The lowest BCUT2D eigenvalue weighted by atomic mass is 10.0. The third kappa shape index (κ3) is 5.73. The highest BCUT2D eigenvalue weighted by Crippen LogP contribution is 2.42. The smallest absolute Gasteiger partial charge is 0.164 e. The number of aromatic nitrogens is 6. The third-order valence-corrected chi connectivity index (χ3v) is 12.6. The van der Waals surface area contributed by atoms with Crippen LogP contribution in [0.3, 0.4) is 0 Å². The lowest BCUT2D eigenvalue weighted by Crippen LogP contribution is -2.00. The molecule has 4 heterocycles. The van der Waals surface area contributed by atoms with E-state index in [9.17, 15) is 0 Å². The zero-order valence-corrected chi connectivity index (χ0v) is 34.5. The molecule has 13 rings (SSSR count). The molecule has 9 aromatic carbocycles. The van der Waals surface area contributed by atoms with E-state index in [0.717, 1.165) is 66.6 Å². The van der Waals surface area contributed by atoms with Gasteiger partial charge in [-0.2, -0.15) is 0 Å². The molecular formula is C58H36N6. The van der Waals surface area contributed by atoms with Gasteiger partial charge >= 0.3 is 0 Å². The second-order valence-corrected chi connectivity index (χ2v) is 16.3. The molecule has 0 unspecified atom stereocenters. The predicted octanol–water partition coefficient (Wildman–Crippen LogP) is 14.4. The molecule has 0 radical (unpaired) electrons. The van der Waals surface area contributed by atoms with Crippen LogP contribution in [-0.2, 0) is 0 Å². The Labute approximate surface area is 368 Å². The van der Waals surface area contributed by atoms with Crippen molar-refractivity contribution in [3.8, 4) is 56.8 Å². The highest BCUT2D eigenvalue weighted by atomic mass is 15.1. The summed E-state index contributed by atoms with van der Waals surface area (Å²) < 4.78 is 4.75. The first-order valence-corrected chi connectivity index (χ1v) is 21.5. The third-order valence-electron chi connectivity index (χ3n) is 12.6. The molecule has 0 spiro atoms. The molecule has 0 saturated heterocycles. The van der Waals surface area contributed by atoms with E-state index in [2.05, 4.69) is 179 Å². The summed E-state index contributed by atoms with van der Waals surface area (Å²) in [5.41, 5.74) is 10.7. The maximum atomic E-state index is 5.13. The minimum absolute atomic E-state index is 0.623. The van der Waals surface area contributed by atoms with Crippen molar-refractivity contribution in [1.82, 2.24) is 29.1 Å². The molecule has 0 aliphatic heterocycles. The first-order valence-electron chi connectivity index (χ1n) is 21.5. The van der Waals surface area contributed by atoms with Crippen LogP contribution in [0.2, 0.25) is 0 Å². The molecule has 0 aliphatic rings. The largest absolute Gasteiger partial charge is 0.309 e. The first kappa shape index (κ1) is 36.0. The summed E-state index contributed by atoms with van der Waals surface area (Å²) in [5, 5.41) is 9.50. The van der Waals surface area contributed by atoms with E-state index in [1.807, 2.05) is 48.7 Å². The molecule has 0 bridgehead atoms. The summed E-state index contributed by atoms with van der Waals surface area (Å²) >= 11 is 0. The van der Waals surface area contributed by atoms with Gasteiger partial charge < -0.3 is 4.57 Å². The number of pyridine rings is 1. The van der Waals surface area contributed by atoms with Gasteiger partial charge in [-0.1, -0.05) is 164 Å². The standard InChI is InChI=1S/C58H36N6/c1-3-14-37(15-4-1)38-25-27-41(28-26-38)57-60-56(40-17-5-2-6-18-40)61-58(62-57)43-29-31-44-42(34-43)19-13-23-49(44)63-50-22-10-9-21-46(50)47-35-48-53(36-52(47)63)64(54-24-11-12-33-59-54)51-32-30-39-16-7-8-20-45(39)55(48)51/h1-36H. The summed E-state index contributed by atoms with van der Waals surface area (Å²) in [6.07, 6.45) is 1.87. The van der Waals surface area contributed by atoms with Crippen LogP contribution >= 0.6 is 0 Å². The van der Waals surface area contributed by atoms with Crippen LogP contribution in [0.25, 0.3) is 122 Å². The van der Waals surface area contributed by atoms with Gasteiger partial charge in [0, 0.05) is 49.8 Å². The Morgan fingerprint density at radius 1 is 0.297 bits per heavy atom. The van der Waals surface area contributed by atoms with Gasteiger partial charge in [-0.15, -0.1) is 0 Å². The van der Waals surface area contributed by atoms with E-state index in [1.54, 1.807) is 0 Å². The number of rotatable bonds is 6. The fraction of sp³-hybridized carbons (Fsp3) is 0. The van der Waals surface area contributed by atoms with E-state index in [1.165, 1.54) is 37.9 Å². The Bertz CT molecular complexity index is 3930. The predicted molar refractivity (Wildman–Crippen MR) is 263 cm³/mol. The molecule has 6 heteroatoms. The molecule has 0 saturated carbocycles. The highest BCUT2D eigenvalue weighted by Gasteiger charge is 2.21. The van der Waals surface area contributed by atoms with Gasteiger partial charge in [0.15, 0.2) is 17.5 Å². The van der Waals surface area contributed by atoms with Crippen molar-refractivity contribution < 1.29 is 0 Å². The van der Waals surface area contributed by atoms with Crippen molar-refractivity contribution in [1.29, 1.82) is 0 Å². The monoisotopic (exact) mass is 816 g/mol. The SMILES string of the molecule is c1ccc(-c2ccc(-c3nc(-c4ccccc4)nc(-c4ccc5c(-n6c7ccccc7c7cc8c9c%10ccccc%10ccc9n(-c9ccccn9)c8cc76)cccc5c4)n3)cc2)cc1. The maximum Gasteiger partial charge on any atom is 0.164 e. The minimum Gasteiger partial charge on any atom is -0.309 e. The van der Waals surface area contributed by atoms with Crippen LogP contribution in [-0.4, -0.2) is 29.1 Å². The average Bonchev–Trinajstić information content (AvgIpc) is 3.88. The van der Waals surface area contributed by atoms with E-state index in [0.29, 0.717) is 17.5 Å². The van der Waals surface area contributed by atoms with Gasteiger partial charge in [0.1, 0.15) is 5.82 Å². The molecule has 0 amide bonds. The van der Waals surface area contributed by atoms with Gasteiger partial charge in [0.05, 0.1) is 27.8 Å². The number of hydrogen-bond acceptors (Lipinski definition) is 4. The molecular weight excluding hydrogens is 781 g/mol. The zero-order chi connectivity index (χ0) is 42.1. The van der Waals surface area contributed by atoms with Crippen LogP contribution in [0.4, 0.5) is 0 Å². The van der Waals surface area contributed by atoms with Crippen LogP contribution in [0.5, 0.6) is 0 Å². The number of hydrogen-bond donors (Lipinski definition) is 0. The van der Waals surface area contributed by atoms with Crippen LogP contribution in [0.15, 0.2) is 219 Å². The minimum atomic E-state index is 0.623. The summed E-state index contributed by atoms with van der Waals surface area (Å²) in [7, 11) is 0. The number of para-hydroxylation sites is 1. The van der Waals surface area contributed by atoms with Gasteiger partial charge in [0.25, 0.3) is 0 Å². The molecule has 298 valence electrons. The Balaban J connectivity index is 1.00. The molecule has 0 fully saturated rings. The fourth-order valence-electron chi connectivity index (χ4n) is 9.63. The Morgan fingerprint density at radius 2 is 0.906 bits per heavy atom. The molecule has 4 aromatic heterocycles. The molecule has 0 aliphatic carbocycles. The van der Waals surface area contributed by atoms with Gasteiger partial charge in [0.2, 0.25) is 0 Å². The van der Waals surface area contributed by atoms with Crippen LogP contribution in [0.1, 0.15) is 0 Å². The summed E-state index contributed by atoms with van der Waals surface area (Å²) in [6.45, 7) is 0. The fourth-order valence-corrected chi connectivity index (χ4v) is 9.63. The van der Waals surface area contributed by atoms with E-state index < -0.39 is 0 Å². The maximum absolute atomic E-state index is 5.13. The first-order chi connectivity index (χ1) is 31.7. The lowest BCUT2D eigenvalue weighted by molar-refractivity contribution is 1.07. The van der Waals surface area contributed by atoms with Crippen LogP contribution < -0.4 is 0 Å². The Morgan fingerprint density at radius 3 is 1.69 bits per heavy atom. The van der Waals surface area contributed by atoms with Gasteiger partial charge in [-0.25, -0.2) is 19.9 Å². The van der Waals surface area contributed by atoms with Crippen molar-refractivity contribution in [2.24, 2.45) is 0 Å². The number of nitrogens with zero attached hydrogens (tertiary/aromatic N) is 6. The van der Waals surface area contributed by atoms with E-state index in [4.69, 9.17) is 19.9 Å². The summed E-state index contributed by atoms with van der Waals surface area (Å²) in [4.78, 5) is 20.1. The van der Waals surface area contributed by atoms with E-state index >= 15 is 0 Å². The molecule has 13 aromatic rings. The zero-order valence-electron chi connectivity index (χ0n) is 34.5. The normalized spacial score (nSPS) is 11.8. The van der Waals surface area contributed by atoms with Crippen molar-refractivity contribution >= 4 is 65.2 Å². The topological polar surface area (TPSA) is 61.4 Å². The van der Waals surface area contributed by atoms with Crippen molar-refractivity contribution in [2.75, 3.05) is 0 Å². The van der Waals surface area contributed by atoms with Crippen molar-refractivity contribution in [3.63, 3.8) is 0 Å². The molecule has 0 N–H and O–H groups in total. The average molecular weight is 817 g/mol. The number of benzene rings is 9. The summed E-state index contributed by atoms with van der Waals surface area (Å²) in [5.74, 6) is 2.77. The molecule has 6 nitrogen and oxygen atoms in total. The Kier molecular flexibility index (Phi) is 8.11. The molecule has 64 heavy (non-hydrogen) atoms.